The van der Waals surface area contributed by atoms with Crippen LogP contribution in [0.2, 0.25) is 5.15 Å². The summed E-state index contributed by atoms with van der Waals surface area (Å²) in [4.78, 5) is 27.1. The molecule has 1 atom stereocenters. The zero-order valence-corrected chi connectivity index (χ0v) is 12.6. The van der Waals surface area contributed by atoms with Crippen molar-refractivity contribution in [3.63, 3.8) is 0 Å². The van der Waals surface area contributed by atoms with E-state index in [0.29, 0.717) is 12.0 Å². The number of pyridine rings is 1. The smallest absolute Gasteiger partial charge is 0.305 e. The molecule has 2 N–H and O–H groups in total. The molecule has 0 saturated carbocycles. The Morgan fingerprint density at radius 1 is 1.40 bits per heavy atom. The summed E-state index contributed by atoms with van der Waals surface area (Å²) in [7, 11) is 0. The highest BCUT2D eigenvalue weighted by atomic mass is 35.5. The van der Waals surface area contributed by atoms with Gasteiger partial charge in [0.25, 0.3) is 5.91 Å². The quantitative estimate of drug-likeness (QED) is 0.791. The van der Waals surface area contributed by atoms with Gasteiger partial charge in [-0.15, -0.1) is 0 Å². The standard InChI is InChI=1S/C14H19ClN2O3/c1-4-10-5-9(6-12(15)16-10)14(20)17-11(8(2)3)7-13(18)19/h5-6,8,11H,4,7H2,1-3H3,(H,17,20)(H,18,19). The van der Waals surface area contributed by atoms with E-state index < -0.39 is 12.0 Å². The van der Waals surface area contributed by atoms with Crippen molar-refractivity contribution in [1.29, 1.82) is 0 Å². The molecule has 110 valence electrons. The van der Waals surface area contributed by atoms with E-state index in [1.54, 1.807) is 6.07 Å². The number of aliphatic carboxylic acids is 1. The average molecular weight is 299 g/mol. The van der Waals surface area contributed by atoms with Crippen molar-refractivity contribution < 1.29 is 14.7 Å². The number of hydrogen-bond acceptors (Lipinski definition) is 3. The van der Waals surface area contributed by atoms with Crippen molar-refractivity contribution >= 4 is 23.5 Å². The summed E-state index contributed by atoms with van der Waals surface area (Å²) in [6.07, 6.45) is 0.562. The summed E-state index contributed by atoms with van der Waals surface area (Å²) in [5, 5.41) is 11.9. The fraction of sp³-hybridized carbons (Fsp3) is 0.500. The van der Waals surface area contributed by atoms with Gasteiger partial charge < -0.3 is 10.4 Å². The number of nitrogens with one attached hydrogen (secondary N) is 1. The molecular formula is C14H19ClN2O3. The van der Waals surface area contributed by atoms with Gasteiger partial charge in [-0.1, -0.05) is 32.4 Å². The van der Waals surface area contributed by atoms with Crippen molar-refractivity contribution in [2.45, 2.75) is 39.7 Å². The first-order valence-corrected chi connectivity index (χ1v) is 6.90. The Balaban J connectivity index is 2.88. The maximum absolute atomic E-state index is 12.2. The molecule has 1 heterocycles. The summed E-state index contributed by atoms with van der Waals surface area (Å²) in [5.74, 6) is -1.24. The minimum absolute atomic E-state index is 0.0259. The Bertz CT molecular complexity index is 503. The predicted molar refractivity (Wildman–Crippen MR) is 77.0 cm³/mol. The monoisotopic (exact) mass is 298 g/mol. The van der Waals surface area contributed by atoms with Crippen LogP contribution in [0.4, 0.5) is 0 Å². The van der Waals surface area contributed by atoms with Crippen molar-refractivity contribution in [3.8, 4) is 0 Å². The largest absolute Gasteiger partial charge is 0.481 e. The normalized spacial score (nSPS) is 12.2. The molecule has 0 aliphatic carbocycles. The number of hydrogen-bond donors (Lipinski definition) is 2. The molecule has 0 spiro atoms. The van der Waals surface area contributed by atoms with Crippen LogP contribution in [-0.4, -0.2) is 28.0 Å². The van der Waals surface area contributed by atoms with E-state index >= 15 is 0 Å². The Kier molecular flexibility index (Phi) is 5.95. The lowest BCUT2D eigenvalue weighted by atomic mass is 10.0. The van der Waals surface area contributed by atoms with Gasteiger partial charge in [-0.3, -0.25) is 9.59 Å². The second-order valence-electron chi connectivity index (χ2n) is 4.95. The van der Waals surface area contributed by atoms with Crippen LogP contribution in [0.3, 0.4) is 0 Å². The number of aryl methyl sites for hydroxylation is 1. The molecule has 0 aliphatic rings. The number of aromatic nitrogens is 1. The summed E-state index contributed by atoms with van der Waals surface area (Å²) < 4.78 is 0. The maximum Gasteiger partial charge on any atom is 0.305 e. The molecule has 0 fully saturated rings. The van der Waals surface area contributed by atoms with Crippen molar-refractivity contribution in [2.24, 2.45) is 5.92 Å². The van der Waals surface area contributed by atoms with Crippen LogP contribution >= 0.6 is 11.6 Å². The minimum atomic E-state index is -0.939. The first-order valence-electron chi connectivity index (χ1n) is 6.52. The van der Waals surface area contributed by atoms with E-state index in [2.05, 4.69) is 10.3 Å². The van der Waals surface area contributed by atoms with Crippen molar-refractivity contribution in [3.05, 3.63) is 28.5 Å². The highest BCUT2D eigenvalue weighted by Gasteiger charge is 2.20. The number of carboxylic acids is 1. The van der Waals surface area contributed by atoms with E-state index in [0.717, 1.165) is 5.69 Å². The number of nitrogens with zero attached hydrogens (tertiary/aromatic N) is 1. The van der Waals surface area contributed by atoms with Gasteiger partial charge in [0, 0.05) is 17.3 Å². The zero-order chi connectivity index (χ0) is 15.3. The van der Waals surface area contributed by atoms with Crippen LogP contribution in [0, 0.1) is 5.92 Å². The second kappa shape index (κ2) is 7.24. The van der Waals surface area contributed by atoms with Crippen LogP contribution in [0.15, 0.2) is 12.1 Å². The Hall–Kier alpha value is -1.62. The van der Waals surface area contributed by atoms with Crippen LogP contribution in [-0.2, 0) is 11.2 Å². The van der Waals surface area contributed by atoms with Gasteiger partial charge in [0.15, 0.2) is 0 Å². The molecule has 5 nitrogen and oxygen atoms in total. The summed E-state index contributed by atoms with van der Waals surface area (Å²) >= 11 is 5.87. The van der Waals surface area contributed by atoms with Gasteiger partial charge in [-0.2, -0.15) is 0 Å². The Labute approximate surface area is 123 Å². The Morgan fingerprint density at radius 3 is 2.55 bits per heavy atom. The Morgan fingerprint density at radius 2 is 2.05 bits per heavy atom. The topological polar surface area (TPSA) is 79.3 Å². The summed E-state index contributed by atoms with van der Waals surface area (Å²) in [6.45, 7) is 5.65. The lowest BCUT2D eigenvalue weighted by Gasteiger charge is -2.20. The molecule has 0 radical (unpaired) electrons. The highest BCUT2D eigenvalue weighted by molar-refractivity contribution is 6.29. The van der Waals surface area contributed by atoms with Gasteiger partial charge in [-0.25, -0.2) is 4.98 Å². The second-order valence-corrected chi connectivity index (χ2v) is 5.33. The van der Waals surface area contributed by atoms with Crippen LogP contribution in [0.1, 0.15) is 43.2 Å². The fourth-order valence-corrected chi connectivity index (χ4v) is 1.98. The molecule has 6 heteroatoms. The van der Waals surface area contributed by atoms with Crippen LogP contribution in [0.25, 0.3) is 0 Å². The van der Waals surface area contributed by atoms with Gasteiger partial charge >= 0.3 is 5.97 Å². The predicted octanol–water partition coefficient (Wildman–Crippen LogP) is 2.53. The molecule has 0 aliphatic heterocycles. The third-order valence-corrected chi connectivity index (χ3v) is 3.18. The van der Waals surface area contributed by atoms with E-state index in [-0.39, 0.29) is 23.4 Å². The first kappa shape index (κ1) is 16.4. The van der Waals surface area contributed by atoms with Crippen LogP contribution < -0.4 is 5.32 Å². The summed E-state index contributed by atoms with van der Waals surface area (Å²) in [6, 6.07) is 2.73. The molecule has 0 aromatic carbocycles. The molecule has 0 bridgehead atoms. The molecule has 1 unspecified atom stereocenters. The third-order valence-electron chi connectivity index (χ3n) is 2.99. The van der Waals surface area contributed by atoms with Gasteiger partial charge in [0.1, 0.15) is 5.15 Å². The first-order chi connectivity index (χ1) is 9.33. The minimum Gasteiger partial charge on any atom is -0.481 e. The number of carboxylic acid groups (broad SMARTS) is 1. The number of amides is 1. The molecule has 1 amide bonds. The van der Waals surface area contributed by atoms with Gasteiger partial charge in [0.05, 0.1) is 6.42 Å². The number of halogens is 1. The molecular weight excluding hydrogens is 280 g/mol. The van der Waals surface area contributed by atoms with Gasteiger partial charge in [0.2, 0.25) is 0 Å². The molecule has 1 aromatic rings. The molecule has 0 saturated heterocycles. The lowest BCUT2D eigenvalue weighted by Crippen LogP contribution is -2.40. The summed E-state index contributed by atoms with van der Waals surface area (Å²) in [5.41, 5.74) is 1.12. The van der Waals surface area contributed by atoms with Crippen molar-refractivity contribution in [2.75, 3.05) is 0 Å². The molecule has 20 heavy (non-hydrogen) atoms. The number of rotatable bonds is 6. The van der Waals surface area contributed by atoms with E-state index in [1.165, 1.54) is 6.07 Å². The zero-order valence-electron chi connectivity index (χ0n) is 11.8. The fourth-order valence-electron chi connectivity index (χ4n) is 1.76. The van der Waals surface area contributed by atoms with Gasteiger partial charge in [-0.05, 0) is 24.5 Å². The highest BCUT2D eigenvalue weighted by Crippen LogP contribution is 2.13. The van der Waals surface area contributed by atoms with E-state index in [1.807, 2.05) is 20.8 Å². The third kappa shape index (κ3) is 4.81. The van der Waals surface area contributed by atoms with Crippen LogP contribution in [0.5, 0.6) is 0 Å². The van der Waals surface area contributed by atoms with E-state index in [4.69, 9.17) is 16.7 Å². The van der Waals surface area contributed by atoms with Crippen molar-refractivity contribution in [1.82, 2.24) is 10.3 Å². The number of carbonyl (C=O) groups is 2. The maximum atomic E-state index is 12.2. The van der Waals surface area contributed by atoms with E-state index in [9.17, 15) is 9.59 Å². The number of carbonyl (C=O) groups excluding carboxylic acids is 1. The molecule has 1 rings (SSSR count). The lowest BCUT2D eigenvalue weighted by molar-refractivity contribution is -0.137. The molecule has 1 aromatic heterocycles. The average Bonchev–Trinajstić information content (AvgIpc) is 2.36. The SMILES string of the molecule is CCc1cc(C(=O)NC(CC(=O)O)C(C)C)cc(Cl)n1.